The van der Waals surface area contributed by atoms with E-state index in [2.05, 4.69) is 20.6 Å². The van der Waals surface area contributed by atoms with E-state index in [1.165, 1.54) is 12.1 Å². The van der Waals surface area contributed by atoms with Crippen LogP contribution in [0.5, 0.6) is 5.75 Å². The number of halogens is 3. The Morgan fingerprint density at radius 3 is 2.45 bits per heavy atom. The van der Waals surface area contributed by atoms with E-state index in [-0.39, 0.29) is 5.75 Å². The van der Waals surface area contributed by atoms with Crippen molar-refractivity contribution in [2.45, 2.75) is 26.2 Å². The van der Waals surface area contributed by atoms with Gasteiger partial charge in [-0.3, -0.25) is 0 Å². The van der Waals surface area contributed by atoms with Crippen molar-refractivity contribution in [1.82, 2.24) is 15.6 Å². The minimum absolute atomic E-state index is 0.182. The zero-order chi connectivity index (χ0) is 21.3. The average Bonchev–Trinajstić information content (AvgIpc) is 2.69. The fourth-order valence-electron chi connectivity index (χ4n) is 2.37. The number of rotatable bonds is 8. The molecule has 0 aliphatic carbocycles. The van der Waals surface area contributed by atoms with Crippen LogP contribution in [-0.2, 0) is 13.1 Å². The molecular formula is C20H26F3N5O. The van der Waals surface area contributed by atoms with E-state index in [0.717, 1.165) is 16.9 Å². The Kier molecular flexibility index (Phi) is 8.11. The molecule has 0 unspecified atom stereocenters. The van der Waals surface area contributed by atoms with E-state index in [9.17, 15) is 13.2 Å². The molecular weight excluding hydrogens is 383 g/mol. The highest BCUT2D eigenvalue weighted by Crippen LogP contribution is 2.18. The van der Waals surface area contributed by atoms with Gasteiger partial charge in [-0.2, -0.15) is 13.2 Å². The highest BCUT2D eigenvalue weighted by atomic mass is 19.4. The smallest absolute Gasteiger partial charge is 0.422 e. The predicted molar refractivity (Wildman–Crippen MR) is 108 cm³/mol. The molecule has 2 aromatic rings. The number of nitrogens with zero attached hydrogens (tertiary/aromatic N) is 3. The number of hydrogen-bond acceptors (Lipinski definition) is 4. The summed E-state index contributed by atoms with van der Waals surface area (Å²) in [5.41, 5.74) is 1.93. The number of hydrogen-bond donors (Lipinski definition) is 2. The maximum atomic E-state index is 12.2. The van der Waals surface area contributed by atoms with Gasteiger partial charge in [-0.25, -0.2) is 9.98 Å². The SMILES string of the molecule is CCNC(=NCc1ccnc(N(C)C)c1)NCc1ccc(OCC(F)(F)F)cc1. The molecule has 1 heterocycles. The molecule has 0 aliphatic rings. The van der Waals surface area contributed by atoms with Crippen LogP contribution in [0.1, 0.15) is 18.1 Å². The monoisotopic (exact) mass is 409 g/mol. The summed E-state index contributed by atoms with van der Waals surface area (Å²) in [7, 11) is 3.86. The van der Waals surface area contributed by atoms with Crippen LogP contribution in [0.4, 0.5) is 19.0 Å². The van der Waals surface area contributed by atoms with E-state index < -0.39 is 12.8 Å². The first-order valence-corrected chi connectivity index (χ1v) is 9.20. The molecule has 158 valence electrons. The number of aromatic nitrogens is 1. The van der Waals surface area contributed by atoms with Crippen LogP contribution in [0, 0.1) is 0 Å². The Morgan fingerprint density at radius 2 is 1.83 bits per heavy atom. The van der Waals surface area contributed by atoms with Gasteiger partial charge in [0.2, 0.25) is 0 Å². The second-order valence-corrected chi connectivity index (χ2v) is 6.51. The lowest BCUT2D eigenvalue weighted by Crippen LogP contribution is -2.36. The molecule has 0 amide bonds. The van der Waals surface area contributed by atoms with Crippen molar-refractivity contribution >= 4 is 11.8 Å². The van der Waals surface area contributed by atoms with E-state index in [1.807, 2.05) is 38.1 Å². The van der Waals surface area contributed by atoms with Crippen molar-refractivity contribution in [3.05, 3.63) is 53.7 Å². The Bertz CT molecular complexity index is 791. The Balaban J connectivity index is 1.93. The zero-order valence-electron chi connectivity index (χ0n) is 16.8. The van der Waals surface area contributed by atoms with Crippen molar-refractivity contribution in [3.8, 4) is 5.75 Å². The van der Waals surface area contributed by atoms with Crippen LogP contribution < -0.4 is 20.3 Å². The lowest BCUT2D eigenvalue weighted by atomic mass is 10.2. The van der Waals surface area contributed by atoms with Gasteiger partial charge < -0.3 is 20.3 Å². The number of pyridine rings is 1. The molecule has 0 saturated carbocycles. The third-order valence-electron chi connectivity index (χ3n) is 3.82. The highest BCUT2D eigenvalue weighted by Gasteiger charge is 2.28. The van der Waals surface area contributed by atoms with E-state index >= 15 is 0 Å². The van der Waals surface area contributed by atoms with E-state index in [1.54, 1.807) is 18.3 Å². The second-order valence-electron chi connectivity index (χ2n) is 6.51. The van der Waals surface area contributed by atoms with Gasteiger partial charge in [0, 0.05) is 33.4 Å². The third kappa shape index (κ3) is 8.28. The molecule has 0 radical (unpaired) electrons. The lowest BCUT2D eigenvalue weighted by molar-refractivity contribution is -0.153. The number of guanidine groups is 1. The number of benzene rings is 1. The molecule has 0 fully saturated rings. The maximum absolute atomic E-state index is 12.2. The van der Waals surface area contributed by atoms with Gasteiger partial charge in [-0.05, 0) is 42.3 Å². The summed E-state index contributed by atoms with van der Waals surface area (Å²) in [6.07, 6.45) is -2.59. The Labute approximate surface area is 168 Å². The molecule has 29 heavy (non-hydrogen) atoms. The summed E-state index contributed by atoms with van der Waals surface area (Å²) in [5.74, 6) is 1.69. The number of aliphatic imine (C=N–C) groups is 1. The largest absolute Gasteiger partial charge is 0.484 e. The van der Waals surface area contributed by atoms with Gasteiger partial charge in [0.05, 0.1) is 6.54 Å². The molecule has 1 aromatic heterocycles. The Morgan fingerprint density at radius 1 is 1.10 bits per heavy atom. The third-order valence-corrected chi connectivity index (χ3v) is 3.82. The van der Waals surface area contributed by atoms with Gasteiger partial charge in [0.1, 0.15) is 11.6 Å². The first-order chi connectivity index (χ1) is 13.8. The minimum atomic E-state index is -4.35. The van der Waals surface area contributed by atoms with Gasteiger partial charge >= 0.3 is 6.18 Å². The first kappa shape index (κ1) is 22.3. The number of alkyl halides is 3. The fourth-order valence-corrected chi connectivity index (χ4v) is 2.37. The van der Waals surface area contributed by atoms with Crippen LogP contribution in [0.3, 0.4) is 0 Å². The Hall–Kier alpha value is -2.97. The molecule has 1 aromatic carbocycles. The van der Waals surface area contributed by atoms with Crippen molar-refractivity contribution in [2.24, 2.45) is 4.99 Å². The van der Waals surface area contributed by atoms with Crippen LogP contribution in [0.25, 0.3) is 0 Å². The fraction of sp³-hybridized carbons (Fsp3) is 0.400. The summed E-state index contributed by atoms with van der Waals surface area (Å²) in [5, 5.41) is 6.38. The number of ether oxygens (including phenoxy) is 1. The predicted octanol–water partition coefficient (Wildman–Crippen LogP) is 3.34. The molecule has 9 heteroatoms. The summed E-state index contributed by atoms with van der Waals surface area (Å²) in [6.45, 7) is 2.34. The van der Waals surface area contributed by atoms with E-state index in [4.69, 9.17) is 4.74 Å². The topological polar surface area (TPSA) is 61.8 Å². The van der Waals surface area contributed by atoms with Gasteiger partial charge in [0.15, 0.2) is 12.6 Å². The quantitative estimate of drug-likeness (QED) is 0.517. The summed E-state index contributed by atoms with van der Waals surface area (Å²) in [4.78, 5) is 10.8. The lowest BCUT2D eigenvalue weighted by Gasteiger charge is -2.13. The molecule has 2 rings (SSSR count). The summed E-state index contributed by atoms with van der Waals surface area (Å²) < 4.78 is 41.3. The van der Waals surface area contributed by atoms with Crippen molar-refractivity contribution < 1.29 is 17.9 Å². The first-order valence-electron chi connectivity index (χ1n) is 9.20. The van der Waals surface area contributed by atoms with Gasteiger partial charge in [-0.1, -0.05) is 12.1 Å². The standard InChI is InChI=1S/C20H26F3N5O/c1-4-24-19(27-13-16-9-10-25-18(11-16)28(2)3)26-12-15-5-7-17(8-6-15)29-14-20(21,22)23/h5-11H,4,12-14H2,1-3H3,(H2,24,26,27). The van der Waals surface area contributed by atoms with Gasteiger partial charge in [-0.15, -0.1) is 0 Å². The minimum Gasteiger partial charge on any atom is -0.484 e. The summed E-state index contributed by atoms with van der Waals surface area (Å²) in [6, 6.07) is 10.4. The zero-order valence-corrected chi connectivity index (χ0v) is 16.8. The molecule has 0 atom stereocenters. The van der Waals surface area contributed by atoms with Crippen LogP contribution in [-0.4, -0.2) is 44.4 Å². The van der Waals surface area contributed by atoms with Gasteiger partial charge in [0.25, 0.3) is 0 Å². The van der Waals surface area contributed by atoms with Crippen molar-refractivity contribution in [3.63, 3.8) is 0 Å². The number of anilines is 1. The molecule has 2 N–H and O–H groups in total. The molecule has 0 aliphatic heterocycles. The summed E-state index contributed by atoms with van der Waals surface area (Å²) >= 11 is 0. The molecule has 0 saturated heterocycles. The molecule has 6 nitrogen and oxygen atoms in total. The average molecular weight is 409 g/mol. The highest BCUT2D eigenvalue weighted by molar-refractivity contribution is 5.79. The second kappa shape index (κ2) is 10.5. The normalized spacial score (nSPS) is 11.9. The van der Waals surface area contributed by atoms with Crippen LogP contribution in [0.2, 0.25) is 0 Å². The number of nitrogens with one attached hydrogen (secondary N) is 2. The van der Waals surface area contributed by atoms with Crippen LogP contribution >= 0.6 is 0 Å². The molecule has 0 bridgehead atoms. The molecule has 0 spiro atoms. The van der Waals surface area contributed by atoms with Crippen molar-refractivity contribution in [1.29, 1.82) is 0 Å². The van der Waals surface area contributed by atoms with Crippen molar-refractivity contribution in [2.75, 3.05) is 32.1 Å². The maximum Gasteiger partial charge on any atom is 0.422 e. The van der Waals surface area contributed by atoms with Crippen LogP contribution in [0.15, 0.2) is 47.6 Å². The van der Waals surface area contributed by atoms with E-state index in [0.29, 0.717) is 25.6 Å².